The number of furan rings is 1. The molecule has 2 aromatic carbocycles. The van der Waals surface area contributed by atoms with E-state index in [0.29, 0.717) is 5.76 Å². The Morgan fingerprint density at radius 1 is 1.21 bits per heavy atom. The van der Waals surface area contributed by atoms with Crippen LogP contribution in [0.2, 0.25) is 0 Å². The van der Waals surface area contributed by atoms with Gasteiger partial charge in [0.1, 0.15) is 28.3 Å². The minimum Gasteiger partial charge on any atom is -0.495 e. The molecular weight excluding hydrogens is 395 g/mol. The van der Waals surface area contributed by atoms with Crippen LogP contribution in [0.1, 0.15) is 17.4 Å². The van der Waals surface area contributed by atoms with E-state index in [1.807, 2.05) is 24.3 Å². The van der Waals surface area contributed by atoms with Gasteiger partial charge in [0.05, 0.1) is 13.4 Å². The molecule has 2 heterocycles. The number of halogens is 1. The highest BCUT2D eigenvalue weighted by Gasteiger charge is 2.31. The average molecular weight is 416 g/mol. The highest BCUT2D eigenvalue weighted by atomic mass is 32.2. The van der Waals surface area contributed by atoms with Crippen LogP contribution in [0.4, 0.5) is 10.1 Å². The maximum absolute atomic E-state index is 13.7. The molecule has 0 bridgehead atoms. The lowest BCUT2D eigenvalue weighted by molar-refractivity contribution is 0.400. The van der Waals surface area contributed by atoms with Gasteiger partial charge in [0.25, 0.3) is 0 Å². The standard InChI is InChI=1S/C21H21FN2O4S/c1-27-20-9-8-16(22)13-21(20)29(25,26)23-14-18(19-7-4-12-28-19)24-11-10-15-5-2-3-6-17(15)24/h2-9,12-13,18,23H,10-11,14H2,1H3/t18-/m0/s1. The number of fused-ring (bicyclic) bond motifs is 1. The Bertz CT molecular complexity index is 1100. The molecule has 1 aromatic heterocycles. The van der Waals surface area contributed by atoms with Crippen molar-refractivity contribution < 1.29 is 22.0 Å². The van der Waals surface area contributed by atoms with E-state index >= 15 is 0 Å². The van der Waals surface area contributed by atoms with Gasteiger partial charge >= 0.3 is 0 Å². The van der Waals surface area contributed by atoms with E-state index < -0.39 is 15.8 Å². The van der Waals surface area contributed by atoms with Gasteiger partial charge in [-0.3, -0.25) is 0 Å². The van der Waals surface area contributed by atoms with Crippen molar-refractivity contribution in [1.82, 2.24) is 4.72 Å². The number of sulfonamides is 1. The summed E-state index contributed by atoms with van der Waals surface area (Å²) in [5.74, 6) is 0.0813. The van der Waals surface area contributed by atoms with Crippen molar-refractivity contribution in [2.45, 2.75) is 17.4 Å². The molecule has 1 atom stereocenters. The first-order chi connectivity index (χ1) is 14.0. The van der Waals surface area contributed by atoms with E-state index in [9.17, 15) is 12.8 Å². The summed E-state index contributed by atoms with van der Waals surface area (Å²) >= 11 is 0. The van der Waals surface area contributed by atoms with Crippen LogP contribution in [-0.4, -0.2) is 28.6 Å². The van der Waals surface area contributed by atoms with Crippen LogP contribution in [0.5, 0.6) is 5.75 Å². The molecule has 0 unspecified atom stereocenters. The average Bonchev–Trinajstić information content (AvgIpc) is 3.39. The molecule has 0 amide bonds. The van der Waals surface area contributed by atoms with E-state index in [1.165, 1.54) is 18.7 Å². The molecule has 0 radical (unpaired) electrons. The molecule has 1 aliphatic heterocycles. The molecule has 0 saturated carbocycles. The summed E-state index contributed by atoms with van der Waals surface area (Å²) in [4.78, 5) is 1.89. The zero-order chi connectivity index (χ0) is 20.4. The largest absolute Gasteiger partial charge is 0.495 e. The zero-order valence-corrected chi connectivity index (χ0v) is 16.7. The van der Waals surface area contributed by atoms with Gasteiger partial charge in [0, 0.05) is 18.8 Å². The van der Waals surface area contributed by atoms with Crippen LogP contribution < -0.4 is 14.4 Å². The van der Waals surface area contributed by atoms with E-state index in [-0.39, 0.29) is 23.2 Å². The first-order valence-corrected chi connectivity index (χ1v) is 10.7. The van der Waals surface area contributed by atoms with E-state index in [4.69, 9.17) is 9.15 Å². The normalized spacial score (nSPS) is 14.6. The lowest BCUT2D eigenvalue weighted by Gasteiger charge is -2.29. The summed E-state index contributed by atoms with van der Waals surface area (Å²) in [6.07, 6.45) is 2.44. The second-order valence-electron chi connectivity index (χ2n) is 6.75. The fraction of sp³-hybridized carbons (Fsp3) is 0.238. The Kier molecular flexibility index (Phi) is 5.29. The number of rotatable bonds is 7. The molecule has 6 nitrogen and oxygen atoms in total. The summed E-state index contributed by atoms with van der Waals surface area (Å²) in [6, 6.07) is 14.7. The highest BCUT2D eigenvalue weighted by molar-refractivity contribution is 7.89. The van der Waals surface area contributed by atoms with E-state index in [2.05, 4.69) is 15.7 Å². The van der Waals surface area contributed by atoms with Crippen molar-refractivity contribution in [3.63, 3.8) is 0 Å². The van der Waals surface area contributed by atoms with Crippen molar-refractivity contribution in [1.29, 1.82) is 0 Å². The molecule has 0 fully saturated rings. The van der Waals surface area contributed by atoms with Gasteiger partial charge in [-0.05, 0) is 48.4 Å². The van der Waals surface area contributed by atoms with Gasteiger partial charge in [0.2, 0.25) is 10.0 Å². The van der Waals surface area contributed by atoms with E-state index in [1.54, 1.807) is 12.3 Å². The minimum absolute atomic E-state index is 0.0594. The van der Waals surface area contributed by atoms with Gasteiger partial charge < -0.3 is 14.1 Å². The Balaban J connectivity index is 1.63. The van der Waals surface area contributed by atoms with Crippen LogP contribution in [-0.2, 0) is 16.4 Å². The summed E-state index contributed by atoms with van der Waals surface area (Å²) < 4.78 is 52.8. The number of nitrogens with one attached hydrogen (secondary N) is 1. The third-order valence-corrected chi connectivity index (χ3v) is 6.50. The smallest absolute Gasteiger partial charge is 0.244 e. The number of para-hydroxylation sites is 1. The molecule has 152 valence electrons. The molecular formula is C21H21FN2O4S. The van der Waals surface area contributed by atoms with Crippen LogP contribution in [0.25, 0.3) is 0 Å². The van der Waals surface area contributed by atoms with Gasteiger partial charge in [-0.25, -0.2) is 17.5 Å². The summed E-state index contributed by atoms with van der Waals surface area (Å²) in [5, 5.41) is 0. The van der Waals surface area contributed by atoms with Gasteiger partial charge in [-0.1, -0.05) is 18.2 Å². The maximum atomic E-state index is 13.7. The molecule has 29 heavy (non-hydrogen) atoms. The Morgan fingerprint density at radius 2 is 2.03 bits per heavy atom. The van der Waals surface area contributed by atoms with Crippen molar-refractivity contribution in [2.75, 3.05) is 25.1 Å². The predicted molar refractivity (Wildman–Crippen MR) is 107 cm³/mol. The molecule has 0 aliphatic carbocycles. The number of hydrogen-bond acceptors (Lipinski definition) is 5. The van der Waals surface area contributed by atoms with Crippen molar-refractivity contribution in [3.8, 4) is 5.75 Å². The number of hydrogen-bond donors (Lipinski definition) is 1. The summed E-state index contributed by atoms with van der Waals surface area (Å²) in [6.45, 7) is 0.805. The van der Waals surface area contributed by atoms with E-state index in [0.717, 1.165) is 30.8 Å². The van der Waals surface area contributed by atoms with Crippen LogP contribution in [0, 0.1) is 5.82 Å². The van der Waals surface area contributed by atoms with Gasteiger partial charge in [-0.15, -0.1) is 0 Å². The monoisotopic (exact) mass is 416 g/mol. The third-order valence-electron chi connectivity index (χ3n) is 5.05. The molecule has 1 aliphatic rings. The molecule has 1 N–H and O–H groups in total. The molecule has 4 rings (SSSR count). The number of benzene rings is 2. The lowest BCUT2D eigenvalue weighted by Crippen LogP contribution is -2.37. The predicted octanol–water partition coefficient (Wildman–Crippen LogP) is 3.51. The SMILES string of the molecule is COc1ccc(F)cc1S(=O)(=O)NC[C@@H](c1ccco1)N1CCc2ccccc21. The molecule has 0 saturated heterocycles. The fourth-order valence-electron chi connectivity index (χ4n) is 3.66. The number of ether oxygens (including phenoxy) is 1. The molecule has 3 aromatic rings. The first kappa shape index (κ1) is 19.5. The van der Waals surface area contributed by atoms with Crippen LogP contribution in [0.3, 0.4) is 0 Å². The quantitative estimate of drug-likeness (QED) is 0.638. The topological polar surface area (TPSA) is 71.8 Å². The number of methoxy groups -OCH3 is 1. The number of anilines is 1. The lowest BCUT2D eigenvalue weighted by atomic mass is 10.1. The van der Waals surface area contributed by atoms with Gasteiger partial charge in [-0.2, -0.15) is 0 Å². The second-order valence-corrected chi connectivity index (χ2v) is 8.49. The van der Waals surface area contributed by atoms with Crippen molar-refractivity contribution in [3.05, 3.63) is 78.0 Å². The van der Waals surface area contributed by atoms with Crippen molar-refractivity contribution in [2.24, 2.45) is 0 Å². The fourth-order valence-corrected chi connectivity index (χ4v) is 4.88. The summed E-state index contributed by atoms with van der Waals surface area (Å²) in [7, 11) is -2.66. The highest BCUT2D eigenvalue weighted by Crippen LogP contribution is 2.35. The minimum atomic E-state index is -4.00. The zero-order valence-electron chi connectivity index (χ0n) is 15.8. The van der Waals surface area contributed by atoms with Crippen LogP contribution in [0.15, 0.2) is 70.2 Å². The van der Waals surface area contributed by atoms with Crippen molar-refractivity contribution >= 4 is 15.7 Å². The Hall–Kier alpha value is -2.84. The molecule has 0 spiro atoms. The molecule has 8 heteroatoms. The maximum Gasteiger partial charge on any atom is 0.244 e. The van der Waals surface area contributed by atoms with Gasteiger partial charge in [0.15, 0.2) is 0 Å². The summed E-state index contributed by atoms with van der Waals surface area (Å²) in [5.41, 5.74) is 2.26. The van der Waals surface area contributed by atoms with Crippen LogP contribution >= 0.6 is 0 Å². The second kappa shape index (κ2) is 7.88. The Labute approximate surface area is 169 Å². The number of nitrogens with zero attached hydrogens (tertiary/aromatic N) is 1. The Morgan fingerprint density at radius 3 is 2.79 bits per heavy atom. The third kappa shape index (κ3) is 3.86. The first-order valence-electron chi connectivity index (χ1n) is 9.21.